The third kappa shape index (κ3) is 4.17. The van der Waals surface area contributed by atoms with Crippen LogP contribution in [0.3, 0.4) is 0 Å². The summed E-state index contributed by atoms with van der Waals surface area (Å²) in [6.07, 6.45) is 5.16. The number of aromatic nitrogens is 3. The molecule has 1 saturated heterocycles. The number of piperidine rings is 1. The lowest BCUT2D eigenvalue weighted by Gasteiger charge is -2.35. The summed E-state index contributed by atoms with van der Waals surface area (Å²) in [6, 6.07) is 15.1. The molecule has 2 aromatic carbocycles. The molecule has 3 heterocycles. The molecule has 0 radical (unpaired) electrons. The van der Waals surface area contributed by atoms with Crippen molar-refractivity contribution in [1.82, 2.24) is 20.1 Å². The van der Waals surface area contributed by atoms with Crippen LogP contribution in [-0.2, 0) is 7.05 Å². The lowest BCUT2D eigenvalue weighted by molar-refractivity contribution is 0.0685. The van der Waals surface area contributed by atoms with Crippen molar-refractivity contribution in [1.29, 1.82) is 0 Å². The number of carbonyl (C=O) groups is 2. The molecule has 8 nitrogen and oxygen atoms in total. The fraction of sp³-hybridized carbons (Fsp3) is 0.259. The van der Waals surface area contributed by atoms with Gasteiger partial charge in [0.15, 0.2) is 5.69 Å². The quantitative estimate of drug-likeness (QED) is 0.458. The number of amides is 1. The molecule has 4 aromatic rings. The normalized spacial score (nSPS) is 15.8. The van der Waals surface area contributed by atoms with E-state index in [9.17, 15) is 14.7 Å². The summed E-state index contributed by atoms with van der Waals surface area (Å²) < 4.78 is 1.34. The average Bonchev–Trinajstić information content (AvgIpc) is 3.27. The minimum Gasteiger partial charge on any atom is -0.477 e. The SMILES string of the molecule is Cc1cccc2ccnc(N(C(=O)c3ccc(-c4cnn(C)c4C(=O)O)cc3)[C@@H]3CCCNC3)c12. The van der Waals surface area contributed by atoms with E-state index in [0.29, 0.717) is 29.1 Å². The molecule has 2 aromatic heterocycles. The number of benzene rings is 2. The number of rotatable bonds is 5. The number of anilines is 1. The summed E-state index contributed by atoms with van der Waals surface area (Å²) in [5.74, 6) is -0.504. The van der Waals surface area contributed by atoms with E-state index < -0.39 is 5.97 Å². The van der Waals surface area contributed by atoms with Gasteiger partial charge in [-0.2, -0.15) is 5.10 Å². The molecule has 2 N–H and O–H groups in total. The molecule has 8 heteroatoms. The van der Waals surface area contributed by atoms with Crippen molar-refractivity contribution < 1.29 is 14.7 Å². The number of nitrogens with one attached hydrogen (secondary N) is 1. The highest BCUT2D eigenvalue weighted by Gasteiger charge is 2.30. The highest BCUT2D eigenvalue weighted by Crippen LogP contribution is 2.32. The Morgan fingerprint density at radius 1 is 1.14 bits per heavy atom. The lowest BCUT2D eigenvalue weighted by Crippen LogP contribution is -2.49. The number of carboxylic acid groups (broad SMARTS) is 1. The number of hydrogen-bond acceptors (Lipinski definition) is 5. The van der Waals surface area contributed by atoms with Crippen LogP contribution in [0.15, 0.2) is 60.9 Å². The molecule has 1 fully saturated rings. The third-order valence-electron chi connectivity index (χ3n) is 6.65. The van der Waals surface area contributed by atoms with Gasteiger partial charge in [-0.1, -0.05) is 30.3 Å². The zero-order valence-corrected chi connectivity index (χ0v) is 19.7. The van der Waals surface area contributed by atoms with Crippen molar-refractivity contribution in [3.8, 4) is 11.1 Å². The van der Waals surface area contributed by atoms with E-state index >= 15 is 0 Å². The van der Waals surface area contributed by atoms with Gasteiger partial charge in [0.2, 0.25) is 0 Å². The topological polar surface area (TPSA) is 100 Å². The van der Waals surface area contributed by atoms with Crippen molar-refractivity contribution in [3.05, 3.63) is 77.7 Å². The number of pyridine rings is 1. The number of carbonyl (C=O) groups excluding carboxylic acids is 1. The fourth-order valence-electron chi connectivity index (χ4n) is 4.89. The average molecular weight is 470 g/mol. The number of aromatic carboxylic acids is 1. The van der Waals surface area contributed by atoms with E-state index in [-0.39, 0.29) is 17.6 Å². The maximum absolute atomic E-state index is 14.0. The minimum absolute atomic E-state index is 0.0226. The van der Waals surface area contributed by atoms with Crippen molar-refractivity contribution in [2.24, 2.45) is 7.05 Å². The molecule has 178 valence electrons. The Kier molecular flexibility index (Phi) is 6.05. The summed E-state index contributed by atoms with van der Waals surface area (Å²) in [7, 11) is 1.60. The van der Waals surface area contributed by atoms with Crippen molar-refractivity contribution in [2.75, 3.05) is 18.0 Å². The summed E-state index contributed by atoms with van der Waals surface area (Å²) in [5, 5.41) is 19.1. The molecule has 0 unspecified atom stereocenters. The maximum Gasteiger partial charge on any atom is 0.354 e. The predicted octanol–water partition coefficient (Wildman–Crippen LogP) is 4.04. The van der Waals surface area contributed by atoms with Gasteiger partial charge in [-0.05, 0) is 61.0 Å². The van der Waals surface area contributed by atoms with E-state index in [1.807, 2.05) is 36.1 Å². The molecule has 1 amide bonds. The Balaban J connectivity index is 1.56. The van der Waals surface area contributed by atoms with Crippen molar-refractivity contribution in [2.45, 2.75) is 25.8 Å². The van der Waals surface area contributed by atoms with Gasteiger partial charge in [-0.15, -0.1) is 0 Å². The predicted molar refractivity (Wildman–Crippen MR) is 135 cm³/mol. The first-order valence-corrected chi connectivity index (χ1v) is 11.7. The Bertz CT molecular complexity index is 1400. The summed E-state index contributed by atoms with van der Waals surface area (Å²) in [4.78, 5) is 32.2. The summed E-state index contributed by atoms with van der Waals surface area (Å²) >= 11 is 0. The van der Waals surface area contributed by atoms with Gasteiger partial charge in [0, 0.05) is 36.3 Å². The second-order valence-corrected chi connectivity index (χ2v) is 8.90. The van der Waals surface area contributed by atoms with Gasteiger partial charge in [-0.25, -0.2) is 9.78 Å². The molecule has 1 atom stereocenters. The molecule has 0 bridgehead atoms. The number of hydrogen-bond donors (Lipinski definition) is 2. The first kappa shape index (κ1) is 22.7. The molecule has 5 rings (SSSR count). The van der Waals surface area contributed by atoms with Crippen LogP contribution in [-0.4, -0.2) is 50.9 Å². The second-order valence-electron chi connectivity index (χ2n) is 8.90. The summed E-state index contributed by atoms with van der Waals surface area (Å²) in [5.41, 5.74) is 2.90. The largest absolute Gasteiger partial charge is 0.477 e. The molecular weight excluding hydrogens is 442 g/mol. The summed E-state index contributed by atoms with van der Waals surface area (Å²) in [6.45, 7) is 3.68. The molecule has 35 heavy (non-hydrogen) atoms. The van der Waals surface area contributed by atoms with E-state index in [1.165, 1.54) is 10.9 Å². The van der Waals surface area contributed by atoms with Crippen LogP contribution in [0.2, 0.25) is 0 Å². The number of fused-ring (bicyclic) bond motifs is 1. The van der Waals surface area contributed by atoms with Crippen LogP contribution in [0.5, 0.6) is 0 Å². The van der Waals surface area contributed by atoms with Gasteiger partial charge in [0.25, 0.3) is 5.91 Å². The molecule has 0 saturated carbocycles. The number of aryl methyl sites for hydroxylation is 2. The third-order valence-corrected chi connectivity index (χ3v) is 6.65. The Morgan fingerprint density at radius 3 is 2.66 bits per heavy atom. The maximum atomic E-state index is 14.0. The van der Waals surface area contributed by atoms with Crippen molar-refractivity contribution >= 4 is 28.5 Å². The number of nitrogens with zero attached hydrogens (tertiary/aromatic N) is 4. The van der Waals surface area contributed by atoms with E-state index in [0.717, 1.165) is 35.7 Å². The van der Waals surface area contributed by atoms with Crippen molar-refractivity contribution in [3.63, 3.8) is 0 Å². The fourth-order valence-corrected chi connectivity index (χ4v) is 4.89. The molecule has 1 aliphatic heterocycles. The first-order chi connectivity index (χ1) is 17.0. The Hall–Kier alpha value is -4.04. The molecular formula is C27H27N5O3. The van der Waals surface area contributed by atoms with Crippen LogP contribution in [0, 0.1) is 6.92 Å². The van der Waals surface area contributed by atoms with E-state index in [1.54, 1.807) is 37.5 Å². The van der Waals surface area contributed by atoms with Gasteiger partial charge in [0.05, 0.1) is 12.2 Å². The van der Waals surface area contributed by atoms with Gasteiger partial charge >= 0.3 is 5.97 Å². The number of carboxylic acids is 1. The van der Waals surface area contributed by atoms with Crippen LogP contribution in [0.1, 0.15) is 39.3 Å². The van der Waals surface area contributed by atoms with Crippen LogP contribution >= 0.6 is 0 Å². The van der Waals surface area contributed by atoms with Crippen LogP contribution in [0.4, 0.5) is 5.82 Å². The van der Waals surface area contributed by atoms with Crippen LogP contribution in [0.25, 0.3) is 21.9 Å². The zero-order chi connectivity index (χ0) is 24.5. The molecule has 1 aliphatic rings. The molecule has 0 aliphatic carbocycles. The zero-order valence-electron chi connectivity index (χ0n) is 19.7. The van der Waals surface area contributed by atoms with Gasteiger partial charge < -0.3 is 10.4 Å². The Labute approximate surface area is 203 Å². The van der Waals surface area contributed by atoms with Gasteiger partial charge in [0.1, 0.15) is 5.82 Å². The standard InChI is InChI=1S/C27H27N5O3/c1-17-5-3-6-19-12-14-29-25(23(17)19)32(21-7-4-13-28-15-21)26(33)20-10-8-18(9-11-20)22-16-30-31(2)24(22)27(34)35/h3,5-6,8-12,14,16,21,28H,4,7,13,15H2,1-2H3,(H,34,35)/t21-/m1/s1. The van der Waals surface area contributed by atoms with E-state index in [4.69, 9.17) is 0 Å². The van der Waals surface area contributed by atoms with E-state index in [2.05, 4.69) is 15.4 Å². The minimum atomic E-state index is -1.05. The lowest BCUT2D eigenvalue weighted by atomic mass is 10.00. The van der Waals surface area contributed by atoms with Crippen LogP contribution < -0.4 is 10.2 Å². The van der Waals surface area contributed by atoms with Gasteiger partial charge in [-0.3, -0.25) is 14.4 Å². The monoisotopic (exact) mass is 469 g/mol. The Morgan fingerprint density at radius 2 is 1.94 bits per heavy atom. The first-order valence-electron chi connectivity index (χ1n) is 11.7. The highest BCUT2D eigenvalue weighted by atomic mass is 16.4. The smallest absolute Gasteiger partial charge is 0.354 e. The molecule has 0 spiro atoms. The second kappa shape index (κ2) is 9.31. The highest BCUT2D eigenvalue weighted by molar-refractivity contribution is 6.11.